The van der Waals surface area contributed by atoms with Crippen molar-refractivity contribution in [3.05, 3.63) is 77.7 Å². The molecular formula is C24H18ClF6N9O. The Balaban J connectivity index is 1.51. The minimum Gasteiger partial charge on any atom is -0.328 e. The normalized spacial score (nSPS) is 12.8. The van der Waals surface area contributed by atoms with Crippen molar-refractivity contribution in [2.75, 3.05) is 6.61 Å². The molecule has 4 aromatic heterocycles. The van der Waals surface area contributed by atoms with Crippen molar-refractivity contribution in [1.29, 1.82) is 0 Å². The van der Waals surface area contributed by atoms with Gasteiger partial charge in [0.05, 0.1) is 41.6 Å². The predicted octanol–water partition coefficient (Wildman–Crippen LogP) is 5.35. The average Bonchev–Trinajstić information content (AvgIpc) is 3.69. The average molecular weight is 598 g/mol. The number of hydrogen-bond donors (Lipinski definition) is 0. The Bertz CT molecular complexity index is 1650. The molecule has 4 heterocycles. The fourth-order valence-corrected chi connectivity index (χ4v) is 4.29. The van der Waals surface area contributed by atoms with Crippen molar-refractivity contribution >= 4 is 11.6 Å². The molecule has 1 aromatic carbocycles. The van der Waals surface area contributed by atoms with Gasteiger partial charge in [-0.15, -0.1) is 5.10 Å². The van der Waals surface area contributed by atoms with Crippen molar-refractivity contribution < 1.29 is 31.1 Å². The first-order valence-electron chi connectivity index (χ1n) is 11.7. The third-order valence-electron chi connectivity index (χ3n) is 6.06. The minimum absolute atomic E-state index is 0.0609. The predicted molar refractivity (Wildman–Crippen MR) is 131 cm³/mol. The highest BCUT2D eigenvalue weighted by molar-refractivity contribution is 6.31. The molecule has 0 radical (unpaired) electrons. The number of halogens is 7. The number of aryl methyl sites for hydroxylation is 1. The topological polar surface area (TPSA) is 101 Å². The molecule has 1 unspecified atom stereocenters. The van der Waals surface area contributed by atoms with E-state index in [1.54, 1.807) is 17.8 Å². The molecule has 0 N–H and O–H groups in total. The molecule has 1 atom stereocenters. The number of hydrogen-bond acceptors (Lipinski definition) is 7. The molecule has 0 saturated carbocycles. The van der Waals surface area contributed by atoms with Crippen LogP contribution in [0.25, 0.3) is 28.3 Å². The number of alkyl halides is 5. The second-order valence-corrected chi connectivity index (χ2v) is 9.03. The van der Waals surface area contributed by atoms with Gasteiger partial charge < -0.3 is 9.30 Å². The van der Waals surface area contributed by atoms with Gasteiger partial charge in [-0.25, -0.2) is 23.7 Å². The van der Waals surface area contributed by atoms with E-state index in [1.165, 1.54) is 47.8 Å². The summed E-state index contributed by atoms with van der Waals surface area (Å²) in [6.45, 7) is -3.29. The van der Waals surface area contributed by atoms with Crippen LogP contribution in [0.2, 0.25) is 5.02 Å². The largest absolute Gasteiger partial charge is 0.436 e. The molecule has 5 aromatic rings. The molecule has 10 nitrogen and oxygen atoms in total. The van der Waals surface area contributed by atoms with Gasteiger partial charge in [0.25, 0.3) is 0 Å². The summed E-state index contributed by atoms with van der Waals surface area (Å²) in [6.07, 6.45) is 1.71. The lowest BCUT2D eigenvalue weighted by molar-refractivity contribution is -0.141. The Morgan fingerprint density at radius 2 is 1.85 bits per heavy atom. The van der Waals surface area contributed by atoms with Crippen LogP contribution in [-0.4, -0.2) is 57.5 Å². The minimum atomic E-state index is -4.75. The number of rotatable bonds is 9. The highest BCUT2D eigenvalue weighted by atomic mass is 35.5. The van der Waals surface area contributed by atoms with Crippen LogP contribution in [0.1, 0.15) is 23.9 Å². The van der Waals surface area contributed by atoms with Gasteiger partial charge in [0.1, 0.15) is 12.0 Å². The first kappa shape index (κ1) is 28.2. The summed E-state index contributed by atoms with van der Waals surface area (Å²) in [6, 6.07) is 4.85. The van der Waals surface area contributed by atoms with E-state index in [2.05, 4.69) is 35.1 Å². The fourth-order valence-electron chi connectivity index (χ4n) is 4.14. The van der Waals surface area contributed by atoms with Crippen LogP contribution in [0.4, 0.5) is 26.3 Å². The van der Waals surface area contributed by atoms with E-state index >= 15 is 4.39 Å². The number of imidazole rings is 1. The Kier molecular flexibility index (Phi) is 7.77. The lowest BCUT2D eigenvalue weighted by Crippen LogP contribution is -2.14. The maximum atomic E-state index is 15.3. The standard InChI is InChI=1S/C24H18ClF6N9O/c1-38-22(33-11-35-38)16-9-39(12-34-16)17(6-7-41-23(27)28)15-4-2-13(8-32-15)20-18(5-3-14(25)21(20)26)40-10-19(36-37-40)24(29,30)31/h2-5,8-12,17,23H,6-7H2,1H3. The first-order chi connectivity index (χ1) is 19.5. The van der Waals surface area contributed by atoms with Gasteiger partial charge in [0, 0.05) is 30.6 Å². The van der Waals surface area contributed by atoms with Crippen LogP contribution >= 0.6 is 11.6 Å². The van der Waals surface area contributed by atoms with E-state index < -0.39 is 30.3 Å². The van der Waals surface area contributed by atoms with Crippen LogP contribution in [0.5, 0.6) is 0 Å². The SMILES string of the molecule is Cn1ncnc1-c1cn(C(CCOC(F)F)c2ccc(-c3c(-n4cc(C(F)(F)F)nn4)ccc(Cl)c3F)cn2)cn1. The maximum absolute atomic E-state index is 15.3. The Morgan fingerprint density at radius 3 is 2.49 bits per heavy atom. The second kappa shape index (κ2) is 11.3. The molecule has 0 aliphatic heterocycles. The van der Waals surface area contributed by atoms with E-state index in [0.717, 1.165) is 4.68 Å². The molecular weight excluding hydrogens is 580 g/mol. The fraction of sp³-hybridized carbons (Fsp3) is 0.250. The molecule has 214 valence electrons. The highest BCUT2D eigenvalue weighted by Crippen LogP contribution is 2.35. The third-order valence-corrected chi connectivity index (χ3v) is 6.35. The van der Waals surface area contributed by atoms with Crippen molar-refractivity contribution in [2.45, 2.75) is 25.3 Å². The Labute approximate surface area is 232 Å². The van der Waals surface area contributed by atoms with Crippen LogP contribution in [0, 0.1) is 5.82 Å². The summed E-state index contributed by atoms with van der Waals surface area (Å²) >= 11 is 5.98. The molecule has 41 heavy (non-hydrogen) atoms. The highest BCUT2D eigenvalue weighted by Gasteiger charge is 2.35. The molecule has 0 aliphatic carbocycles. The Hall–Kier alpha value is -4.31. The number of pyridine rings is 1. The summed E-state index contributed by atoms with van der Waals surface area (Å²) in [5.41, 5.74) is -0.465. The van der Waals surface area contributed by atoms with Crippen molar-refractivity contribution in [1.82, 2.24) is 44.3 Å². The van der Waals surface area contributed by atoms with Crippen LogP contribution in [0.15, 0.2) is 55.5 Å². The lowest BCUT2D eigenvalue weighted by atomic mass is 10.0. The summed E-state index contributed by atoms with van der Waals surface area (Å²) < 4.78 is 88.3. The number of benzene rings is 1. The van der Waals surface area contributed by atoms with Crippen molar-refractivity contribution in [3.8, 4) is 28.3 Å². The molecule has 0 saturated heterocycles. The van der Waals surface area contributed by atoms with Gasteiger partial charge >= 0.3 is 12.8 Å². The summed E-state index contributed by atoms with van der Waals surface area (Å²) in [7, 11) is 1.68. The van der Waals surface area contributed by atoms with Gasteiger partial charge in [0.2, 0.25) is 0 Å². The van der Waals surface area contributed by atoms with E-state index in [-0.39, 0.29) is 34.9 Å². The number of aromatic nitrogens is 9. The van der Waals surface area contributed by atoms with Crippen molar-refractivity contribution in [3.63, 3.8) is 0 Å². The number of ether oxygens (including phenoxy) is 1. The zero-order valence-electron chi connectivity index (χ0n) is 20.8. The van der Waals surface area contributed by atoms with E-state index in [1.807, 2.05) is 0 Å². The molecule has 0 amide bonds. The van der Waals surface area contributed by atoms with E-state index in [0.29, 0.717) is 23.4 Å². The zero-order valence-corrected chi connectivity index (χ0v) is 21.6. The first-order valence-corrected chi connectivity index (χ1v) is 12.1. The molecule has 17 heteroatoms. The van der Waals surface area contributed by atoms with E-state index in [9.17, 15) is 22.0 Å². The molecule has 0 bridgehead atoms. The van der Waals surface area contributed by atoms with Crippen LogP contribution in [-0.2, 0) is 18.0 Å². The third kappa shape index (κ3) is 5.92. The van der Waals surface area contributed by atoms with E-state index in [4.69, 9.17) is 11.6 Å². The van der Waals surface area contributed by atoms with Crippen LogP contribution < -0.4 is 0 Å². The number of nitrogens with zero attached hydrogens (tertiary/aromatic N) is 9. The summed E-state index contributed by atoms with van der Waals surface area (Å²) in [4.78, 5) is 12.9. The quantitative estimate of drug-likeness (QED) is 0.211. The van der Waals surface area contributed by atoms with Gasteiger partial charge in [-0.05, 0) is 24.6 Å². The zero-order chi connectivity index (χ0) is 29.3. The van der Waals surface area contributed by atoms with Gasteiger partial charge in [-0.3, -0.25) is 4.98 Å². The molecule has 0 fully saturated rings. The summed E-state index contributed by atoms with van der Waals surface area (Å²) in [5.74, 6) is -0.437. The maximum Gasteiger partial charge on any atom is 0.436 e. The molecule has 0 aliphatic rings. The van der Waals surface area contributed by atoms with Crippen LogP contribution in [0.3, 0.4) is 0 Å². The second-order valence-electron chi connectivity index (χ2n) is 8.62. The monoisotopic (exact) mass is 597 g/mol. The van der Waals surface area contributed by atoms with Gasteiger partial charge in [-0.1, -0.05) is 22.9 Å². The molecule has 5 rings (SSSR count). The van der Waals surface area contributed by atoms with Gasteiger partial charge in [-0.2, -0.15) is 27.1 Å². The summed E-state index contributed by atoms with van der Waals surface area (Å²) in [5, 5.41) is 10.3. The Morgan fingerprint density at radius 1 is 1.05 bits per heavy atom. The smallest absolute Gasteiger partial charge is 0.328 e. The molecule has 0 spiro atoms. The lowest BCUT2D eigenvalue weighted by Gasteiger charge is -2.19. The van der Waals surface area contributed by atoms with Gasteiger partial charge in [0.15, 0.2) is 17.3 Å². The van der Waals surface area contributed by atoms with Crippen molar-refractivity contribution in [2.24, 2.45) is 7.05 Å².